The molecule has 2 N–H and O–H groups in total. The standard InChI is InChI=1S/C24H25ClN4O2/c25-18-4-5-19(20(14-18)22-2-1-7-29(22)15-30)16-3-6-21-17(12-16)13-23(24(26)27-21)28-8-10-31-11-9-28/h3-6,12-15,22H,1-2,7-11H2,(H2,26,27). The molecule has 7 heteroatoms. The Kier molecular flexibility index (Phi) is 5.42. The summed E-state index contributed by atoms with van der Waals surface area (Å²) in [5.74, 6) is 0.543. The van der Waals surface area contributed by atoms with Crippen LogP contribution in [0.5, 0.6) is 0 Å². The first-order chi connectivity index (χ1) is 15.1. The number of carbonyl (C=O) groups excluding carboxylic acids is 1. The number of hydrogen-bond acceptors (Lipinski definition) is 5. The molecule has 1 atom stereocenters. The minimum Gasteiger partial charge on any atom is -0.382 e. The predicted octanol–water partition coefficient (Wildman–Crippen LogP) is 4.27. The molecule has 2 aromatic carbocycles. The Bertz CT molecular complexity index is 1130. The monoisotopic (exact) mass is 436 g/mol. The maximum absolute atomic E-state index is 11.6. The first-order valence-electron chi connectivity index (χ1n) is 10.7. The third kappa shape index (κ3) is 3.82. The van der Waals surface area contributed by atoms with Gasteiger partial charge in [0, 0.05) is 30.0 Å². The molecule has 0 aliphatic carbocycles. The molecule has 2 fully saturated rings. The number of halogens is 1. The molecule has 0 bridgehead atoms. The van der Waals surface area contributed by atoms with Crippen LogP contribution in [0, 0.1) is 0 Å². The van der Waals surface area contributed by atoms with Gasteiger partial charge in [0.1, 0.15) is 5.82 Å². The quantitative estimate of drug-likeness (QED) is 0.618. The highest BCUT2D eigenvalue weighted by Crippen LogP contribution is 2.39. The summed E-state index contributed by atoms with van der Waals surface area (Å²) in [7, 11) is 0. The van der Waals surface area contributed by atoms with E-state index in [0.29, 0.717) is 24.1 Å². The van der Waals surface area contributed by atoms with Gasteiger partial charge >= 0.3 is 0 Å². The van der Waals surface area contributed by atoms with Gasteiger partial charge in [-0.1, -0.05) is 23.7 Å². The number of hydrogen-bond donors (Lipinski definition) is 1. The van der Waals surface area contributed by atoms with Crippen LogP contribution in [0.2, 0.25) is 5.02 Å². The molecule has 1 aromatic heterocycles. The average molecular weight is 437 g/mol. The number of anilines is 2. The van der Waals surface area contributed by atoms with E-state index >= 15 is 0 Å². The SMILES string of the molecule is Nc1nc2ccc(-c3ccc(Cl)cc3C3CCCN3C=O)cc2cc1N1CCOCC1. The summed E-state index contributed by atoms with van der Waals surface area (Å²) in [6, 6.07) is 14.3. The summed E-state index contributed by atoms with van der Waals surface area (Å²) in [6.45, 7) is 3.79. The lowest BCUT2D eigenvalue weighted by Crippen LogP contribution is -2.36. The number of pyridine rings is 1. The second kappa shape index (κ2) is 8.36. The van der Waals surface area contributed by atoms with E-state index in [0.717, 1.165) is 72.2 Å². The van der Waals surface area contributed by atoms with Gasteiger partial charge in [-0.15, -0.1) is 0 Å². The number of fused-ring (bicyclic) bond motifs is 1. The van der Waals surface area contributed by atoms with Gasteiger partial charge in [0.05, 0.1) is 30.5 Å². The lowest BCUT2D eigenvalue weighted by Gasteiger charge is -2.29. The number of ether oxygens (including phenoxy) is 1. The summed E-state index contributed by atoms with van der Waals surface area (Å²) >= 11 is 6.35. The molecule has 0 spiro atoms. The second-order valence-electron chi connectivity index (χ2n) is 8.13. The zero-order chi connectivity index (χ0) is 21.4. The molecule has 2 aliphatic rings. The molecular formula is C24H25ClN4O2. The van der Waals surface area contributed by atoms with Crippen LogP contribution in [0.1, 0.15) is 24.4 Å². The molecular weight excluding hydrogens is 412 g/mol. The molecule has 6 nitrogen and oxygen atoms in total. The molecule has 1 amide bonds. The Morgan fingerprint density at radius 1 is 1.10 bits per heavy atom. The number of aromatic nitrogens is 1. The summed E-state index contributed by atoms with van der Waals surface area (Å²) in [6.07, 6.45) is 2.89. The van der Waals surface area contributed by atoms with Crippen LogP contribution in [-0.2, 0) is 9.53 Å². The zero-order valence-electron chi connectivity index (χ0n) is 17.3. The number of rotatable bonds is 4. The van der Waals surface area contributed by atoms with Crippen molar-refractivity contribution < 1.29 is 9.53 Å². The fourth-order valence-corrected chi connectivity index (χ4v) is 4.91. The highest BCUT2D eigenvalue weighted by atomic mass is 35.5. The second-order valence-corrected chi connectivity index (χ2v) is 8.57. The van der Waals surface area contributed by atoms with E-state index in [4.69, 9.17) is 22.1 Å². The fraction of sp³-hybridized carbons (Fsp3) is 0.333. The van der Waals surface area contributed by atoms with Crippen LogP contribution in [0.3, 0.4) is 0 Å². The summed E-state index contributed by atoms with van der Waals surface area (Å²) in [4.78, 5) is 20.3. The van der Waals surface area contributed by atoms with Gasteiger partial charge in [-0.25, -0.2) is 4.98 Å². The predicted molar refractivity (Wildman–Crippen MR) is 124 cm³/mol. The van der Waals surface area contributed by atoms with Gasteiger partial charge in [0.25, 0.3) is 0 Å². The largest absolute Gasteiger partial charge is 0.382 e. The van der Waals surface area contributed by atoms with Crippen molar-refractivity contribution in [1.29, 1.82) is 0 Å². The third-order valence-corrected chi connectivity index (χ3v) is 6.52. The minimum atomic E-state index is 0.0513. The Hall–Kier alpha value is -2.83. The van der Waals surface area contributed by atoms with Crippen LogP contribution in [0.4, 0.5) is 11.5 Å². The normalized spacial score (nSPS) is 19.2. The van der Waals surface area contributed by atoms with E-state index < -0.39 is 0 Å². The first kappa shape index (κ1) is 20.1. The van der Waals surface area contributed by atoms with Crippen LogP contribution >= 0.6 is 11.6 Å². The smallest absolute Gasteiger partial charge is 0.210 e. The molecule has 2 saturated heterocycles. The van der Waals surface area contributed by atoms with E-state index in [9.17, 15) is 4.79 Å². The number of amides is 1. The fourth-order valence-electron chi connectivity index (χ4n) is 4.73. The molecule has 3 heterocycles. The number of benzene rings is 2. The Morgan fingerprint density at radius 2 is 1.94 bits per heavy atom. The van der Waals surface area contributed by atoms with Crippen molar-refractivity contribution in [2.45, 2.75) is 18.9 Å². The van der Waals surface area contributed by atoms with E-state index in [1.807, 2.05) is 29.2 Å². The highest BCUT2D eigenvalue weighted by Gasteiger charge is 2.27. The first-order valence-corrected chi connectivity index (χ1v) is 11.1. The summed E-state index contributed by atoms with van der Waals surface area (Å²) in [5, 5.41) is 1.72. The lowest BCUT2D eigenvalue weighted by molar-refractivity contribution is -0.118. The van der Waals surface area contributed by atoms with Crippen LogP contribution < -0.4 is 10.6 Å². The number of carbonyl (C=O) groups is 1. The van der Waals surface area contributed by atoms with Gasteiger partial charge in [0.2, 0.25) is 6.41 Å². The van der Waals surface area contributed by atoms with E-state index in [1.165, 1.54) is 0 Å². The molecule has 2 aliphatic heterocycles. The van der Waals surface area contributed by atoms with Crippen molar-refractivity contribution in [3.63, 3.8) is 0 Å². The maximum atomic E-state index is 11.6. The molecule has 0 radical (unpaired) electrons. The van der Waals surface area contributed by atoms with Crippen molar-refractivity contribution in [2.24, 2.45) is 0 Å². The van der Waals surface area contributed by atoms with E-state index in [-0.39, 0.29) is 6.04 Å². The lowest BCUT2D eigenvalue weighted by atomic mass is 9.93. The van der Waals surface area contributed by atoms with E-state index in [2.05, 4.69) is 28.1 Å². The Balaban J connectivity index is 1.59. The van der Waals surface area contributed by atoms with Crippen LogP contribution in [-0.4, -0.2) is 49.1 Å². The van der Waals surface area contributed by atoms with Gasteiger partial charge in [-0.05, 0) is 59.9 Å². The highest BCUT2D eigenvalue weighted by molar-refractivity contribution is 6.30. The van der Waals surface area contributed by atoms with Crippen molar-refractivity contribution in [3.05, 3.63) is 53.1 Å². The number of likely N-dealkylation sites (tertiary alicyclic amines) is 1. The maximum Gasteiger partial charge on any atom is 0.210 e. The minimum absolute atomic E-state index is 0.0513. The Labute approximate surface area is 186 Å². The van der Waals surface area contributed by atoms with Crippen molar-refractivity contribution in [1.82, 2.24) is 9.88 Å². The molecule has 1 unspecified atom stereocenters. The molecule has 5 rings (SSSR count). The summed E-state index contributed by atoms with van der Waals surface area (Å²) < 4.78 is 5.47. The molecule has 160 valence electrons. The van der Waals surface area contributed by atoms with E-state index in [1.54, 1.807) is 0 Å². The van der Waals surface area contributed by atoms with Gasteiger partial charge in [0.15, 0.2) is 0 Å². The van der Waals surface area contributed by atoms with Gasteiger partial charge < -0.3 is 20.3 Å². The van der Waals surface area contributed by atoms with Gasteiger partial charge in [-0.2, -0.15) is 0 Å². The van der Waals surface area contributed by atoms with Crippen LogP contribution in [0.25, 0.3) is 22.0 Å². The number of morpholine rings is 1. The number of nitrogens with zero attached hydrogens (tertiary/aromatic N) is 3. The zero-order valence-corrected chi connectivity index (χ0v) is 18.0. The molecule has 31 heavy (non-hydrogen) atoms. The Morgan fingerprint density at radius 3 is 2.74 bits per heavy atom. The van der Waals surface area contributed by atoms with Crippen molar-refractivity contribution in [3.8, 4) is 11.1 Å². The summed E-state index contributed by atoms with van der Waals surface area (Å²) in [5.41, 5.74) is 11.4. The molecule has 3 aromatic rings. The molecule has 0 saturated carbocycles. The van der Waals surface area contributed by atoms with Gasteiger partial charge in [-0.3, -0.25) is 4.79 Å². The average Bonchev–Trinajstić information content (AvgIpc) is 3.28. The number of nitrogen functional groups attached to an aromatic ring is 1. The third-order valence-electron chi connectivity index (χ3n) is 6.29. The topological polar surface area (TPSA) is 71.7 Å². The van der Waals surface area contributed by atoms with Crippen molar-refractivity contribution in [2.75, 3.05) is 43.5 Å². The van der Waals surface area contributed by atoms with Crippen LogP contribution in [0.15, 0.2) is 42.5 Å². The van der Waals surface area contributed by atoms with Crippen molar-refractivity contribution >= 4 is 40.4 Å². The number of nitrogens with two attached hydrogens (primary N) is 1.